The van der Waals surface area contributed by atoms with Gasteiger partial charge in [0.2, 0.25) is 11.8 Å². The topological polar surface area (TPSA) is 92.5 Å². The highest BCUT2D eigenvalue weighted by atomic mass is 16.2. The van der Waals surface area contributed by atoms with Crippen LogP contribution in [0.25, 0.3) is 0 Å². The zero-order valence-corrected chi connectivity index (χ0v) is 14.2. The number of nitrogens with zero attached hydrogens (tertiary/aromatic N) is 1. The minimum absolute atomic E-state index is 0.0104. The number of benzene rings is 1. The number of unbranched alkanes of at least 4 members (excludes halogenated alkanes) is 2. The molecule has 0 aliphatic rings. The van der Waals surface area contributed by atoms with Crippen LogP contribution in [0.3, 0.4) is 0 Å². The van der Waals surface area contributed by atoms with Crippen LogP contribution in [0.4, 0.5) is 0 Å². The third-order valence-corrected chi connectivity index (χ3v) is 3.75. The van der Waals surface area contributed by atoms with Crippen molar-refractivity contribution in [2.45, 2.75) is 38.1 Å². The first kappa shape index (κ1) is 19.8. The van der Waals surface area contributed by atoms with E-state index in [4.69, 9.17) is 5.73 Å². The number of aldehydes is 1. The molecule has 2 amide bonds. The first-order valence-electron chi connectivity index (χ1n) is 8.30. The lowest BCUT2D eigenvalue weighted by molar-refractivity contribution is -0.136. The van der Waals surface area contributed by atoms with E-state index in [9.17, 15) is 14.4 Å². The molecule has 0 unspecified atom stereocenters. The number of likely N-dealkylation sites (N-methyl/N-ethyl adjacent to an activating group) is 1. The highest BCUT2D eigenvalue weighted by molar-refractivity contribution is 5.88. The Balaban J connectivity index is 2.68. The Kier molecular flexibility index (Phi) is 9.38. The Morgan fingerprint density at radius 1 is 1.21 bits per heavy atom. The predicted molar refractivity (Wildman–Crippen MR) is 93.3 cm³/mol. The Morgan fingerprint density at radius 3 is 2.54 bits per heavy atom. The second kappa shape index (κ2) is 11.3. The predicted octanol–water partition coefficient (Wildman–Crippen LogP) is 0.890. The van der Waals surface area contributed by atoms with Gasteiger partial charge in [0.05, 0.1) is 6.54 Å². The van der Waals surface area contributed by atoms with Crippen LogP contribution in [0.2, 0.25) is 0 Å². The van der Waals surface area contributed by atoms with Crippen molar-refractivity contribution in [1.82, 2.24) is 10.2 Å². The molecule has 1 aromatic carbocycles. The van der Waals surface area contributed by atoms with Gasteiger partial charge in [0.1, 0.15) is 12.3 Å². The van der Waals surface area contributed by atoms with E-state index in [-0.39, 0.29) is 18.4 Å². The molecule has 0 heterocycles. The van der Waals surface area contributed by atoms with Crippen molar-refractivity contribution in [2.75, 3.05) is 20.1 Å². The second-order valence-electron chi connectivity index (χ2n) is 5.79. The molecule has 0 aliphatic heterocycles. The minimum Gasteiger partial charge on any atom is -0.344 e. The fraction of sp³-hybridized carbons (Fsp3) is 0.500. The van der Waals surface area contributed by atoms with E-state index in [1.165, 1.54) is 4.90 Å². The Labute approximate surface area is 143 Å². The first-order chi connectivity index (χ1) is 11.6. The lowest BCUT2D eigenvalue weighted by Gasteiger charge is -2.23. The molecule has 132 valence electrons. The second-order valence-corrected chi connectivity index (χ2v) is 5.79. The maximum atomic E-state index is 12.5. The largest absolute Gasteiger partial charge is 0.344 e. The van der Waals surface area contributed by atoms with E-state index in [1.54, 1.807) is 7.05 Å². The monoisotopic (exact) mass is 333 g/mol. The number of hydrogen-bond acceptors (Lipinski definition) is 4. The number of nitrogens with one attached hydrogen (secondary N) is 1. The van der Waals surface area contributed by atoms with Gasteiger partial charge < -0.3 is 20.7 Å². The fourth-order valence-corrected chi connectivity index (χ4v) is 2.39. The van der Waals surface area contributed by atoms with E-state index >= 15 is 0 Å². The summed E-state index contributed by atoms with van der Waals surface area (Å²) < 4.78 is 0. The summed E-state index contributed by atoms with van der Waals surface area (Å²) in [7, 11) is 1.56. The fourth-order valence-electron chi connectivity index (χ4n) is 2.39. The number of carbonyl (C=O) groups is 3. The van der Waals surface area contributed by atoms with Crippen molar-refractivity contribution in [3.8, 4) is 0 Å². The molecule has 0 saturated carbocycles. The van der Waals surface area contributed by atoms with Gasteiger partial charge in [0.15, 0.2) is 0 Å². The maximum absolute atomic E-state index is 12.5. The highest BCUT2D eigenvalue weighted by Gasteiger charge is 2.24. The van der Waals surface area contributed by atoms with Gasteiger partial charge in [-0.15, -0.1) is 0 Å². The molecule has 6 nitrogen and oxygen atoms in total. The van der Waals surface area contributed by atoms with Gasteiger partial charge in [0.25, 0.3) is 0 Å². The molecule has 0 spiro atoms. The van der Waals surface area contributed by atoms with Crippen molar-refractivity contribution in [2.24, 2.45) is 5.73 Å². The summed E-state index contributed by atoms with van der Waals surface area (Å²) >= 11 is 0. The summed E-state index contributed by atoms with van der Waals surface area (Å²) in [6.07, 6.45) is 3.98. The van der Waals surface area contributed by atoms with Crippen molar-refractivity contribution >= 4 is 18.1 Å². The van der Waals surface area contributed by atoms with E-state index in [1.807, 2.05) is 30.3 Å². The minimum atomic E-state index is -0.667. The summed E-state index contributed by atoms with van der Waals surface area (Å²) in [6, 6.07) is 8.83. The van der Waals surface area contributed by atoms with Crippen LogP contribution >= 0.6 is 0 Å². The molecule has 0 aliphatic carbocycles. The normalized spacial score (nSPS) is 11.6. The van der Waals surface area contributed by atoms with Gasteiger partial charge in [-0.1, -0.05) is 36.8 Å². The standard InChI is InChI=1S/C18H27N3O3/c1-21(12-13-22)18(24)16(14-15-8-4-2-5-9-15)20-17(23)10-6-3-7-11-19/h2,4-5,8-9,13,16H,3,6-7,10-12,14,19H2,1H3,(H,20,23)/t16-/m0/s1. The van der Waals surface area contributed by atoms with Crippen LogP contribution < -0.4 is 11.1 Å². The Bertz CT molecular complexity index is 520. The Morgan fingerprint density at radius 2 is 1.92 bits per heavy atom. The number of amides is 2. The number of nitrogens with two attached hydrogens (primary N) is 1. The van der Waals surface area contributed by atoms with Gasteiger partial charge in [-0.2, -0.15) is 0 Å². The van der Waals surface area contributed by atoms with Crippen molar-refractivity contribution in [3.05, 3.63) is 35.9 Å². The van der Waals surface area contributed by atoms with Crippen LogP contribution in [0.15, 0.2) is 30.3 Å². The van der Waals surface area contributed by atoms with Crippen LogP contribution in [-0.4, -0.2) is 49.2 Å². The van der Waals surface area contributed by atoms with Gasteiger partial charge in [0, 0.05) is 19.9 Å². The van der Waals surface area contributed by atoms with E-state index in [0.717, 1.165) is 24.8 Å². The zero-order chi connectivity index (χ0) is 17.8. The molecule has 6 heteroatoms. The molecule has 0 bridgehead atoms. The molecule has 1 atom stereocenters. The molecule has 0 fully saturated rings. The number of carbonyl (C=O) groups excluding carboxylic acids is 3. The molecule has 3 N–H and O–H groups in total. The average Bonchev–Trinajstić information content (AvgIpc) is 2.58. The molecule has 0 saturated heterocycles. The van der Waals surface area contributed by atoms with Crippen LogP contribution in [0.5, 0.6) is 0 Å². The Hall–Kier alpha value is -2.21. The summed E-state index contributed by atoms with van der Waals surface area (Å²) in [4.78, 5) is 36.6. The smallest absolute Gasteiger partial charge is 0.245 e. The van der Waals surface area contributed by atoms with Gasteiger partial charge in [-0.3, -0.25) is 9.59 Å². The molecule has 1 aromatic rings. The summed E-state index contributed by atoms with van der Waals surface area (Å²) in [5.41, 5.74) is 6.39. The summed E-state index contributed by atoms with van der Waals surface area (Å²) in [5.74, 6) is -0.415. The van der Waals surface area contributed by atoms with Crippen LogP contribution in [0, 0.1) is 0 Å². The molecule has 24 heavy (non-hydrogen) atoms. The van der Waals surface area contributed by atoms with E-state index < -0.39 is 6.04 Å². The first-order valence-corrected chi connectivity index (χ1v) is 8.30. The van der Waals surface area contributed by atoms with Crippen molar-refractivity contribution in [1.29, 1.82) is 0 Å². The van der Waals surface area contributed by atoms with E-state index in [0.29, 0.717) is 25.7 Å². The van der Waals surface area contributed by atoms with E-state index in [2.05, 4.69) is 5.32 Å². The van der Waals surface area contributed by atoms with Crippen LogP contribution in [0.1, 0.15) is 31.2 Å². The lowest BCUT2D eigenvalue weighted by Crippen LogP contribution is -2.49. The van der Waals surface area contributed by atoms with Gasteiger partial charge in [-0.05, 0) is 24.9 Å². The quantitative estimate of drug-likeness (QED) is 0.465. The van der Waals surface area contributed by atoms with Crippen LogP contribution in [-0.2, 0) is 20.8 Å². The molecular weight excluding hydrogens is 306 g/mol. The zero-order valence-electron chi connectivity index (χ0n) is 14.2. The molecule has 0 radical (unpaired) electrons. The highest BCUT2D eigenvalue weighted by Crippen LogP contribution is 2.07. The summed E-state index contributed by atoms with van der Waals surface area (Å²) in [5, 5.41) is 2.80. The molecular formula is C18H27N3O3. The summed E-state index contributed by atoms with van der Waals surface area (Å²) in [6.45, 7) is 0.629. The van der Waals surface area contributed by atoms with Crippen molar-refractivity contribution in [3.63, 3.8) is 0 Å². The number of rotatable bonds is 11. The number of hydrogen-bond donors (Lipinski definition) is 2. The van der Waals surface area contributed by atoms with Crippen molar-refractivity contribution < 1.29 is 14.4 Å². The lowest BCUT2D eigenvalue weighted by atomic mass is 10.0. The molecule has 1 rings (SSSR count). The molecule has 0 aromatic heterocycles. The maximum Gasteiger partial charge on any atom is 0.245 e. The SMILES string of the molecule is CN(CC=O)C(=O)[C@H](Cc1ccccc1)NC(=O)CCCCCN. The van der Waals surface area contributed by atoms with Gasteiger partial charge >= 0.3 is 0 Å². The third-order valence-electron chi connectivity index (χ3n) is 3.75. The average molecular weight is 333 g/mol. The third kappa shape index (κ3) is 7.37. The van der Waals surface area contributed by atoms with Gasteiger partial charge in [-0.25, -0.2) is 0 Å².